The van der Waals surface area contributed by atoms with Crippen molar-refractivity contribution in [1.29, 1.82) is 0 Å². The molecule has 1 amide bonds. The van der Waals surface area contributed by atoms with Crippen LogP contribution in [0.1, 0.15) is 75.0 Å². The Morgan fingerprint density at radius 3 is 2.42 bits per heavy atom. The van der Waals surface area contributed by atoms with Crippen molar-refractivity contribution in [3.05, 3.63) is 27.9 Å². The first-order chi connectivity index (χ1) is 12.4. The number of nitrogens with zero attached hydrogens (tertiary/aromatic N) is 1. The Hall–Kier alpha value is -1.65. The highest BCUT2D eigenvalue weighted by atomic mass is 16.2. The molecule has 5 rings (SSSR count). The van der Waals surface area contributed by atoms with Crippen LogP contribution >= 0.6 is 0 Å². The quantitative estimate of drug-likeness (QED) is 0.820. The van der Waals surface area contributed by atoms with E-state index in [1.54, 1.807) is 6.07 Å². The summed E-state index contributed by atoms with van der Waals surface area (Å²) in [5.74, 6) is 3.01. The van der Waals surface area contributed by atoms with Gasteiger partial charge >= 0.3 is 5.69 Å². The fourth-order valence-electron chi connectivity index (χ4n) is 6.30. The molecule has 0 aliphatic heterocycles. The third-order valence-electron chi connectivity index (χ3n) is 6.77. The van der Waals surface area contributed by atoms with E-state index in [4.69, 9.17) is 0 Å². The predicted octanol–water partition coefficient (Wildman–Crippen LogP) is 3.30. The second kappa shape index (κ2) is 6.82. The number of hydrogen-bond acceptors (Lipinski definition) is 3. The van der Waals surface area contributed by atoms with Crippen LogP contribution < -0.4 is 11.0 Å². The molecular weight excluding hydrogens is 326 g/mol. The summed E-state index contributed by atoms with van der Waals surface area (Å²) in [6.45, 7) is 4.87. The Bertz CT molecular complexity index is 702. The lowest BCUT2D eigenvalue weighted by molar-refractivity contribution is -0.0564. The van der Waals surface area contributed by atoms with Crippen molar-refractivity contribution in [2.75, 3.05) is 6.54 Å². The molecule has 26 heavy (non-hydrogen) atoms. The van der Waals surface area contributed by atoms with Crippen molar-refractivity contribution in [3.8, 4) is 0 Å². The SMILES string of the molecule is CC(C)Cc1cc(C(=O)NCCC23CC4CC(CC(C4)C2)C3)nc(=O)[nH]1. The van der Waals surface area contributed by atoms with E-state index >= 15 is 0 Å². The maximum atomic E-state index is 12.5. The van der Waals surface area contributed by atoms with Crippen molar-refractivity contribution in [2.45, 2.75) is 65.2 Å². The minimum atomic E-state index is -0.436. The van der Waals surface area contributed by atoms with E-state index in [2.05, 4.69) is 29.1 Å². The first kappa shape index (κ1) is 17.7. The van der Waals surface area contributed by atoms with E-state index in [1.807, 2.05) is 0 Å². The number of H-pyrrole nitrogens is 1. The van der Waals surface area contributed by atoms with Crippen LogP contribution in [0.2, 0.25) is 0 Å². The Morgan fingerprint density at radius 2 is 1.85 bits per heavy atom. The standard InChI is InChI=1S/C21H31N3O2/c1-13(2)5-17-9-18(24-20(26)23-17)19(25)22-4-3-21-10-14-6-15(11-21)8-16(7-14)12-21/h9,13-16H,3-8,10-12H2,1-2H3,(H,22,25)(H,23,24,26). The van der Waals surface area contributed by atoms with Gasteiger partial charge in [-0.1, -0.05) is 13.8 Å². The first-order valence-corrected chi connectivity index (χ1v) is 10.3. The number of rotatable bonds is 6. The molecule has 4 fully saturated rings. The molecule has 0 spiro atoms. The van der Waals surface area contributed by atoms with E-state index < -0.39 is 5.69 Å². The topological polar surface area (TPSA) is 74.8 Å². The van der Waals surface area contributed by atoms with Crippen LogP contribution in [0.3, 0.4) is 0 Å². The zero-order valence-corrected chi connectivity index (χ0v) is 16.0. The van der Waals surface area contributed by atoms with E-state index in [0.29, 0.717) is 17.9 Å². The van der Waals surface area contributed by atoms with Crippen LogP contribution in [0.15, 0.2) is 10.9 Å². The fourth-order valence-corrected chi connectivity index (χ4v) is 6.30. The van der Waals surface area contributed by atoms with Gasteiger partial charge in [-0.2, -0.15) is 4.98 Å². The average molecular weight is 357 g/mol. The van der Waals surface area contributed by atoms with Crippen LogP contribution in [0.4, 0.5) is 0 Å². The molecule has 0 aromatic carbocycles. The van der Waals surface area contributed by atoms with Gasteiger partial charge in [-0.05, 0) is 86.5 Å². The summed E-state index contributed by atoms with van der Waals surface area (Å²) in [4.78, 5) is 30.8. The van der Waals surface area contributed by atoms with Gasteiger partial charge in [0.1, 0.15) is 5.69 Å². The summed E-state index contributed by atoms with van der Waals surface area (Å²) in [5.41, 5.74) is 1.06. The Balaban J connectivity index is 1.36. The molecule has 4 bridgehead atoms. The minimum Gasteiger partial charge on any atom is -0.351 e. The van der Waals surface area contributed by atoms with Gasteiger partial charge in [0.15, 0.2) is 0 Å². The Morgan fingerprint density at radius 1 is 1.23 bits per heavy atom. The fraction of sp³-hybridized carbons (Fsp3) is 0.762. The zero-order valence-electron chi connectivity index (χ0n) is 16.0. The monoisotopic (exact) mass is 357 g/mol. The van der Waals surface area contributed by atoms with E-state index in [9.17, 15) is 9.59 Å². The molecule has 0 atom stereocenters. The third-order valence-corrected chi connectivity index (χ3v) is 6.77. The first-order valence-electron chi connectivity index (χ1n) is 10.3. The van der Waals surface area contributed by atoms with Gasteiger partial charge in [0.05, 0.1) is 0 Å². The molecule has 4 saturated carbocycles. The van der Waals surface area contributed by atoms with Gasteiger partial charge in [0.25, 0.3) is 5.91 Å². The number of carbonyl (C=O) groups is 1. The van der Waals surface area contributed by atoms with Gasteiger partial charge in [-0.25, -0.2) is 4.79 Å². The van der Waals surface area contributed by atoms with Crippen molar-refractivity contribution in [3.63, 3.8) is 0 Å². The molecule has 1 heterocycles. The van der Waals surface area contributed by atoms with Crippen LogP contribution in [0, 0.1) is 29.1 Å². The normalized spacial score (nSPS) is 32.2. The molecule has 0 radical (unpaired) electrons. The molecule has 1 aromatic rings. The van der Waals surface area contributed by atoms with E-state index in [-0.39, 0.29) is 11.6 Å². The lowest BCUT2D eigenvalue weighted by atomic mass is 9.49. The summed E-state index contributed by atoms with van der Waals surface area (Å²) in [7, 11) is 0. The number of carbonyl (C=O) groups excluding carboxylic acids is 1. The number of aromatic nitrogens is 2. The van der Waals surface area contributed by atoms with E-state index in [1.165, 1.54) is 38.5 Å². The maximum Gasteiger partial charge on any atom is 0.345 e. The largest absolute Gasteiger partial charge is 0.351 e. The molecule has 5 nitrogen and oxygen atoms in total. The molecule has 1 aromatic heterocycles. The summed E-state index contributed by atoms with van der Waals surface area (Å²) in [6, 6.07) is 1.72. The highest BCUT2D eigenvalue weighted by molar-refractivity contribution is 5.92. The lowest BCUT2D eigenvalue weighted by Crippen LogP contribution is -2.47. The number of hydrogen-bond donors (Lipinski definition) is 2. The van der Waals surface area contributed by atoms with Crippen LogP contribution in [0.25, 0.3) is 0 Å². The molecule has 5 heteroatoms. The van der Waals surface area contributed by atoms with Crippen LogP contribution in [0.5, 0.6) is 0 Å². The second-order valence-corrected chi connectivity index (χ2v) is 9.62. The molecule has 0 saturated heterocycles. The average Bonchev–Trinajstić information content (AvgIpc) is 2.52. The molecular formula is C21H31N3O2. The highest BCUT2D eigenvalue weighted by Crippen LogP contribution is 2.61. The van der Waals surface area contributed by atoms with Gasteiger partial charge in [0.2, 0.25) is 0 Å². The molecule has 0 unspecified atom stereocenters. The molecule has 4 aliphatic rings. The lowest BCUT2D eigenvalue weighted by Gasteiger charge is -2.57. The summed E-state index contributed by atoms with van der Waals surface area (Å²) in [6.07, 6.45) is 10.2. The summed E-state index contributed by atoms with van der Waals surface area (Å²) in [5, 5.41) is 3.03. The third kappa shape index (κ3) is 3.72. The Labute approximate surface area is 155 Å². The highest BCUT2D eigenvalue weighted by Gasteiger charge is 2.50. The van der Waals surface area contributed by atoms with Crippen molar-refractivity contribution < 1.29 is 4.79 Å². The van der Waals surface area contributed by atoms with Gasteiger partial charge in [-0.15, -0.1) is 0 Å². The van der Waals surface area contributed by atoms with Crippen LogP contribution in [-0.4, -0.2) is 22.4 Å². The minimum absolute atomic E-state index is 0.217. The molecule has 4 aliphatic carbocycles. The van der Waals surface area contributed by atoms with Crippen molar-refractivity contribution in [2.24, 2.45) is 29.1 Å². The van der Waals surface area contributed by atoms with Crippen LogP contribution in [-0.2, 0) is 6.42 Å². The number of aromatic amines is 1. The summed E-state index contributed by atoms with van der Waals surface area (Å²) < 4.78 is 0. The zero-order chi connectivity index (χ0) is 18.3. The number of amides is 1. The predicted molar refractivity (Wildman–Crippen MR) is 101 cm³/mol. The molecule has 2 N–H and O–H groups in total. The smallest absolute Gasteiger partial charge is 0.345 e. The van der Waals surface area contributed by atoms with Crippen molar-refractivity contribution in [1.82, 2.24) is 15.3 Å². The maximum absolute atomic E-state index is 12.5. The molecule has 142 valence electrons. The van der Waals surface area contributed by atoms with E-state index in [0.717, 1.165) is 36.3 Å². The Kier molecular flexibility index (Phi) is 4.66. The number of nitrogens with one attached hydrogen (secondary N) is 2. The van der Waals surface area contributed by atoms with Gasteiger partial charge in [-0.3, -0.25) is 4.79 Å². The summed E-state index contributed by atoms with van der Waals surface area (Å²) >= 11 is 0. The van der Waals surface area contributed by atoms with Crippen molar-refractivity contribution >= 4 is 5.91 Å². The van der Waals surface area contributed by atoms with Gasteiger partial charge < -0.3 is 10.3 Å². The second-order valence-electron chi connectivity index (χ2n) is 9.62. The van der Waals surface area contributed by atoms with Gasteiger partial charge in [0, 0.05) is 12.2 Å².